The molecule has 4 rings (SSSR count). The van der Waals surface area contributed by atoms with E-state index >= 15 is 0 Å². The number of hydrogen-bond acceptors (Lipinski definition) is 6. The van der Waals surface area contributed by atoms with Gasteiger partial charge in [-0.15, -0.1) is 0 Å². The van der Waals surface area contributed by atoms with Crippen molar-refractivity contribution >= 4 is 34.8 Å². The Labute approximate surface area is 263 Å². The van der Waals surface area contributed by atoms with Crippen molar-refractivity contribution < 1.29 is 29.0 Å². The lowest BCUT2D eigenvalue weighted by Crippen LogP contribution is -2.57. The summed E-state index contributed by atoms with van der Waals surface area (Å²) in [6.07, 6.45) is 1.12. The molecule has 9 nitrogen and oxygen atoms in total. The molecule has 3 atom stereocenters. The summed E-state index contributed by atoms with van der Waals surface area (Å²) < 4.78 is 5.25. The molecule has 0 aromatic heterocycles. The van der Waals surface area contributed by atoms with Crippen LogP contribution in [0.5, 0.6) is 11.5 Å². The van der Waals surface area contributed by atoms with Crippen molar-refractivity contribution in [2.24, 2.45) is 5.92 Å². The van der Waals surface area contributed by atoms with Gasteiger partial charge >= 0.3 is 0 Å². The maximum absolute atomic E-state index is 13.7. The van der Waals surface area contributed by atoms with Crippen LogP contribution < -0.4 is 20.7 Å². The summed E-state index contributed by atoms with van der Waals surface area (Å²) in [5.41, 5.74) is 2.38. The van der Waals surface area contributed by atoms with Crippen LogP contribution >= 0.6 is 0 Å². The van der Waals surface area contributed by atoms with Crippen LogP contribution in [0.4, 0.5) is 0 Å². The number of rotatable bonds is 14. The third-order valence-corrected chi connectivity index (χ3v) is 7.61. The van der Waals surface area contributed by atoms with Crippen molar-refractivity contribution in [1.29, 1.82) is 0 Å². The van der Waals surface area contributed by atoms with Crippen LogP contribution in [0.1, 0.15) is 30.5 Å². The standard InChI is InChI=1S/C36H39N3O6/c1-23(2)34(36(44)37-28(22-40)19-24-11-15-29(41)16-12-24)39-35(43)32(20-25-13-17-30(45-3)18-14-25)38-33(42)21-27-9-6-8-26-7-4-5-10-31(26)27/h4-18,22-23,28,32,34,41H,19-21H2,1-3H3,(H,37,44)(H,38,42)(H,39,43)/t28?,32-,34-/m0/s1. The molecule has 0 saturated carbocycles. The minimum Gasteiger partial charge on any atom is -0.508 e. The van der Waals surface area contributed by atoms with Gasteiger partial charge in [0.1, 0.15) is 29.9 Å². The maximum Gasteiger partial charge on any atom is 0.243 e. The van der Waals surface area contributed by atoms with Crippen LogP contribution in [0, 0.1) is 5.92 Å². The second kappa shape index (κ2) is 15.5. The highest BCUT2D eigenvalue weighted by Crippen LogP contribution is 2.19. The van der Waals surface area contributed by atoms with Crippen molar-refractivity contribution in [3.05, 3.63) is 108 Å². The highest BCUT2D eigenvalue weighted by molar-refractivity contribution is 5.95. The Morgan fingerprint density at radius 2 is 1.42 bits per heavy atom. The van der Waals surface area contributed by atoms with Gasteiger partial charge in [-0.1, -0.05) is 80.6 Å². The molecule has 1 unspecified atom stereocenters. The summed E-state index contributed by atoms with van der Waals surface area (Å²) in [5, 5.41) is 19.9. The van der Waals surface area contributed by atoms with E-state index in [4.69, 9.17) is 4.74 Å². The van der Waals surface area contributed by atoms with E-state index in [1.807, 2.05) is 54.6 Å². The average molecular weight is 610 g/mol. The summed E-state index contributed by atoms with van der Waals surface area (Å²) >= 11 is 0. The van der Waals surface area contributed by atoms with Gasteiger partial charge in [0, 0.05) is 6.42 Å². The van der Waals surface area contributed by atoms with Crippen LogP contribution in [-0.4, -0.2) is 54.3 Å². The minimum absolute atomic E-state index is 0.0696. The number of nitrogens with one attached hydrogen (secondary N) is 3. The summed E-state index contributed by atoms with van der Waals surface area (Å²) in [6, 6.07) is 24.3. The van der Waals surface area contributed by atoms with E-state index in [-0.39, 0.29) is 36.8 Å². The molecule has 4 aromatic rings. The van der Waals surface area contributed by atoms with E-state index in [0.29, 0.717) is 12.0 Å². The van der Waals surface area contributed by atoms with Gasteiger partial charge in [-0.3, -0.25) is 14.4 Å². The monoisotopic (exact) mass is 609 g/mol. The molecule has 0 aliphatic carbocycles. The minimum atomic E-state index is -0.978. The molecule has 9 heteroatoms. The third-order valence-electron chi connectivity index (χ3n) is 7.61. The van der Waals surface area contributed by atoms with E-state index in [0.717, 1.165) is 27.5 Å². The third kappa shape index (κ3) is 9.15. The number of benzene rings is 4. The zero-order chi connectivity index (χ0) is 32.3. The number of methoxy groups -OCH3 is 1. The molecule has 3 amide bonds. The second-order valence-corrected chi connectivity index (χ2v) is 11.3. The Balaban J connectivity index is 1.50. The number of amides is 3. The normalized spacial score (nSPS) is 13.0. The molecule has 0 aliphatic rings. The van der Waals surface area contributed by atoms with Crippen molar-refractivity contribution in [2.45, 2.75) is 51.2 Å². The summed E-state index contributed by atoms with van der Waals surface area (Å²) in [5.74, 6) is -0.926. The molecule has 4 aromatic carbocycles. The Kier molecular flexibility index (Phi) is 11.3. The molecular weight excluding hydrogens is 570 g/mol. The lowest BCUT2D eigenvalue weighted by atomic mass is 9.99. The topological polar surface area (TPSA) is 134 Å². The van der Waals surface area contributed by atoms with Gasteiger partial charge in [-0.2, -0.15) is 0 Å². The van der Waals surface area contributed by atoms with Crippen molar-refractivity contribution in [1.82, 2.24) is 16.0 Å². The molecular formula is C36H39N3O6. The SMILES string of the molecule is COc1ccc(C[C@H](NC(=O)Cc2cccc3ccccc23)C(=O)N[C@H](C(=O)NC(C=O)Cc2ccc(O)cc2)C(C)C)cc1. The van der Waals surface area contributed by atoms with E-state index in [1.165, 1.54) is 12.1 Å². The lowest BCUT2D eigenvalue weighted by molar-refractivity contribution is -0.133. The van der Waals surface area contributed by atoms with Crippen molar-refractivity contribution in [2.75, 3.05) is 7.11 Å². The van der Waals surface area contributed by atoms with Crippen LogP contribution in [0.15, 0.2) is 91.0 Å². The van der Waals surface area contributed by atoms with Gasteiger partial charge in [-0.25, -0.2) is 0 Å². The second-order valence-electron chi connectivity index (χ2n) is 11.3. The van der Waals surface area contributed by atoms with Gasteiger partial charge in [-0.05, 0) is 64.1 Å². The first-order valence-corrected chi connectivity index (χ1v) is 14.9. The number of phenols is 1. The number of carbonyl (C=O) groups is 4. The molecule has 0 spiro atoms. The quantitative estimate of drug-likeness (QED) is 0.160. The highest BCUT2D eigenvalue weighted by Gasteiger charge is 2.30. The van der Waals surface area contributed by atoms with E-state index in [1.54, 1.807) is 45.2 Å². The Hall–Kier alpha value is -5.18. The van der Waals surface area contributed by atoms with Crippen LogP contribution in [-0.2, 0) is 38.4 Å². The Morgan fingerprint density at radius 1 is 0.778 bits per heavy atom. The number of phenolic OH excluding ortho intramolecular Hbond substituents is 1. The highest BCUT2D eigenvalue weighted by atomic mass is 16.5. The van der Waals surface area contributed by atoms with Gasteiger partial charge in [0.2, 0.25) is 17.7 Å². The predicted octanol–water partition coefficient (Wildman–Crippen LogP) is 3.89. The number of fused-ring (bicyclic) bond motifs is 1. The van der Waals surface area contributed by atoms with E-state index < -0.39 is 29.9 Å². The van der Waals surface area contributed by atoms with Gasteiger partial charge < -0.3 is 30.6 Å². The number of carbonyl (C=O) groups excluding carboxylic acids is 4. The fourth-order valence-corrected chi connectivity index (χ4v) is 5.15. The van der Waals surface area contributed by atoms with Crippen LogP contribution in [0.25, 0.3) is 10.8 Å². The first kappa shape index (κ1) is 32.7. The fraction of sp³-hybridized carbons (Fsp3) is 0.278. The number of hydrogen-bond donors (Lipinski definition) is 4. The Morgan fingerprint density at radius 3 is 2.09 bits per heavy atom. The molecule has 0 aliphatic heterocycles. The lowest BCUT2D eigenvalue weighted by Gasteiger charge is -2.26. The first-order chi connectivity index (χ1) is 21.7. The first-order valence-electron chi connectivity index (χ1n) is 14.9. The molecule has 0 fully saturated rings. The number of aldehydes is 1. The van der Waals surface area contributed by atoms with Crippen LogP contribution in [0.3, 0.4) is 0 Å². The van der Waals surface area contributed by atoms with E-state index in [9.17, 15) is 24.3 Å². The molecule has 234 valence electrons. The molecule has 0 heterocycles. The summed E-state index contributed by atoms with van der Waals surface area (Å²) in [7, 11) is 1.57. The largest absolute Gasteiger partial charge is 0.508 e. The van der Waals surface area contributed by atoms with Crippen molar-refractivity contribution in [3.63, 3.8) is 0 Å². The van der Waals surface area contributed by atoms with Gasteiger partial charge in [0.15, 0.2) is 0 Å². The zero-order valence-corrected chi connectivity index (χ0v) is 25.7. The van der Waals surface area contributed by atoms with Gasteiger partial charge in [0.05, 0.1) is 19.6 Å². The average Bonchev–Trinajstić information content (AvgIpc) is 3.04. The Bertz CT molecular complexity index is 1610. The van der Waals surface area contributed by atoms with Crippen molar-refractivity contribution in [3.8, 4) is 11.5 Å². The fourth-order valence-electron chi connectivity index (χ4n) is 5.15. The summed E-state index contributed by atoms with van der Waals surface area (Å²) in [4.78, 5) is 52.3. The maximum atomic E-state index is 13.7. The molecule has 0 bridgehead atoms. The molecule has 45 heavy (non-hydrogen) atoms. The predicted molar refractivity (Wildman–Crippen MR) is 173 cm³/mol. The molecule has 0 radical (unpaired) electrons. The number of ether oxygens (including phenoxy) is 1. The zero-order valence-electron chi connectivity index (χ0n) is 25.7. The van der Waals surface area contributed by atoms with Crippen LogP contribution in [0.2, 0.25) is 0 Å². The summed E-state index contributed by atoms with van der Waals surface area (Å²) in [6.45, 7) is 3.58. The van der Waals surface area contributed by atoms with Gasteiger partial charge in [0.25, 0.3) is 0 Å². The smallest absolute Gasteiger partial charge is 0.243 e. The van der Waals surface area contributed by atoms with E-state index in [2.05, 4.69) is 16.0 Å². The molecule has 4 N–H and O–H groups in total. The number of aromatic hydroxyl groups is 1. The molecule has 0 saturated heterocycles.